The molecule has 9 nitrogen and oxygen atoms in total. The number of ketones is 1. The molecule has 1 aliphatic rings. The highest BCUT2D eigenvalue weighted by molar-refractivity contribution is 6.11. The lowest BCUT2D eigenvalue weighted by Crippen LogP contribution is -2.64. The van der Waals surface area contributed by atoms with Gasteiger partial charge in [-0.3, -0.25) is 19.8 Å². The molecular weight excluding hydrogens is 496 g/mol. The van der Waals surface area contributed by atoms with Gasteiger partial charge < -0.3 is 10.5 Å². The Morgan fingerprint density at radius 1 is 1.15 bits per heavy atom. The van der Waals surface area contributed by atoms with Gasteiger partial charge in [0.05, 0.1) is 11.5 Å². The molecule has 1 aliphatic heterocycles. The van der Waals surface area contributed by atoms with E-state index in [9.17, 15) is 14.4 Å². The summed E-state index contributed by atoms with van der Waals surface area (Å²) in [5.41, 5.74) is 9.83. The van der Waals surface area contributed by atoms with Crippen LogP contribution in [0.2, 0.25) is 0 Å². The molecule has 2 unspecified atom stereocenters. The lowest BCUT2D eigenvalue weighted by molar-refractivity contribution is -0.203. The van der Waals surface area contributed by atoms with Crippen LogP contribution in [0.5, 0.6) is 0 Å². The van der Waals surface area contributed by atoms with Crippen LogP contribution in [0, 0.1) is 16.7 Å². The minimum atomic E-state index is -1.72. The maximum Gasteiger partial charge on any atom is 0.249 e. The highest BCUT2D eigenvalue weighted by atomic mass is 16.8. The van der Waals surface area contributed by atoms with Crippen LogP contribution >= 0.6 is 0 Å². The van der Waals surface area contributed by atoms with Crippen LogP contribution in [-0.4, -0.2) is 36.0 Å². The topological polar surface area (TPSA) is 146 Å². The summed E-state index contributed by atoms with van der Waals surface area (Å²) in [6.07, 6.45) is 5.03. The zero-order valence-electron chi connectivity index (χ0n) is 24.5. The zero-order chi connectivity index (χ0) is 29.3. The molecule has 1 aromatic rings. The molecule has 0 aromatic heterocycles. The van der Waals surface area contributed by atoms with Crippen LogP contribution in [0.4, 0.5) is 0 Å². The maximum absolute atomic E-state index is 14.4. The van der Waals surface area contributed by atoms with Crippen molar-refractivity contribution in [3.8, 4) is 0 Å². The Labute approximate surface area is 233 Å². The van der Waals surface area contributed by atoms with Gasteiger partial charge in [0, 0.05) is 13.0 Å². The summed E-state index contributed by atoms with van der Waals surface area (Å²) >= 11 is 0. The fourth-order valence-electron chi connectivity index (χ4n) is 5.46. The second-order valence-corrected chi connectivity index (χ2v) is 12.1. The van der Waals surface area contributed by atoms with Crippen molar-refractivity contribution < 1.29 is 24.0 Å². The molecule has 1 heterocycles. The Hall–Kier alpha value is -2.59. The van der Waals surface area contributed by atoms with Gasteiger partial charge >= 0.3 is 0 Å². The number of benzene rings is 1. The average molecular weight is 545 g/mol. The molecule has 0 spiro atoms. The Bertz CT molecular complexity index is 996. The normalized spacial score (nSPS) is 20.3. The number of rotatable bonds is 13. The molecule has 0 radical (unpaired) electrons. The van der Waals surface area contributed by atoms with Crippen molar-refractivity contribution >= 4 is 23.2 Å². The fourth-order valence-corrected chi connectivity index (χ4v) is 5.46. The number of hydrazine groups is 1. The quantitative estimate of drug-likeness (QED) is 0.126. The van der Waals surface area contributed by atoms with Gasteiger partial charge in [-0.05, 0) is 62.5 Å². The summed E-state index contributed by atoms with van der Waals surface area (Å²) in [6.45, 7) is 11.8. The first-order valence-corrected chi connectivity index (χ1v) is 13.9. The summed E-state index contributed by atoms with van der Waals surface area (Å²) < 4.78 is 5.57. The number of hydrogen-bond donors (Lipinski definition) is 4. The highest BCUT2D eigenvalue weighted by Crippen LogP contribution is 2.43. The Balaban J connectivity index is 2.48. The van der Waals surface area contributed by atoms with Gasteiger partial charge in [0.2, 0.25) is 11.8 Å². The lowest BCUT2D eigenvalue weighted by Gasteiger charge is -2.42. The predicted molar refractivity (Wildman–Crippen MR) is 152 cm³/mol. The third kappa shape index (κ3) is 8.70. The number of allylic oxidation sites excluding steroid dienone is 2. The van der Waals surface area contributed by atoms with Crippen LogP contribution in [0.25, 0.3) is 5.57 Å². The predicted octanol–water partition coefficient (Wildman–Crippen LogP) is 4.17. The molecule has 2 rings (SSSR count). The molecule has 1 saturated heterocycles. The van der Waals surface area contributed by atoms with E-state index in [4.69, 9.17) is 21.2 Å². The van der Waals surface area contributed by atoms with Gasteiger partial charge in [-0.2, -0.15) is 0 Å². The van der Waals surface area contributed by atoms with Crippen molar-refractivity contribution in [2.75, 3.05) is 6.61 Å². The van der Waals surface area contributed by atoms with Gasteiger partial charge in [0.15, 0.2) is 12.1 Å². The summed E-state index contributed by atoms with van der Waals surface area (Å²) in [7, 11) is 0. The molecule has 1 aromatic carbocycles. The van der Waals surface area contributed by atoms with Gasteiger partial charge in [0.25, 0.3) is 0 Å². The first-order valence-electron chi connectivity index (χ1n) is 13.9. The summed E-state index contributed by atoms with van der Waals surface area (Å²) in [6, 6.07) is 9.74. The SMILES string of the molecule is CCCC(CC(C)(C)C)(C(=O)NN)C(=O)[C@](C)(N)[C@H](C/C=C(\C)c1ccccc1)C(=O)NOC1CCCCO1. The monoisotopic (exact) mass is 544 g/mol. The fraction of sp³-hybridized carbons (Fsp3) is 0.633. The van der Waals surface area contributed by atoms with Crippen LogP contribution < -0.4 is 22.5 Å². The van der Waals surface area contributed by atoms with Gasteiger partial charge in [0.1, 0.15) is 5.41 Å². The highest BCUT2D eigenvalue weighted by Gasteiger charge is 2.55. The Morgan fingerprint density at radius 3 is 2.36 bits per heavy atom. The number of hydroxylamine groups is 1. The number of ether oxygens (including phenoxy) is 1. The number of Topliss-reactive ketones (excluding diaryl/α,β-unsaturated/α-hetero) is 1. The van der Waals surface area contributed by atoms with Crippen molar-refractivity contribution in [2.24, 2.45) is 28.3 Å². The van der Waals surface area contributed by atoms with Gasteiger partial charge in [-0.25, -0.2) is 16.2 Å². The number of hydrogen-bond acceptors (Lipinski definition) is 7. The molecular formula is C30H48N4O5. The second-order valence-electron chi connectivity index (χ2n) is 12.1. The number of amides is 2. The third-order valence-electron chi connectivity index (χ3n) is 7.36. The second kappa shape index (κ2) is 14.2. The molecule has 218 valence electrons. The van der Waals surface area contributed by atoms with Crippen molar-refractivity contribution in [2.45, 2.75) is 98.3 Å². The number of carbonyl (C=O) groups is 3. The van der Waals surface area contributed by atoms with Crippen molar-refractivity contribution in [3.05, 3.63) is 42.0 Å². The number of nitrogens with two attached hydrogens (primary N) is 2. The zero-order valence-corrected chi connectivity index (χ0v) is 24.5. The summed E-state index contributed by atoms with van der Waals surface area (Å²) in [5, 5.41) is 0. The van der Waals surface area contributed by atoms with E-state index >= 15 is 0 Å². The molecule has 2 amide bonds. The van der Waals surface area contributed by atoms with E-state index in [2.05, 4.69) is 10.9 Å². The first kappa shape index (κ1) is 32.6. The molecule has 1 fully saturated rings. The van der Waals surface area contributed by atoms with E-state index < -0.39 is 46.2 Å². The van der Waals surface area contributed by atoms with Gasteiger partial charge in [-0.15, -0.1) is 0 Å². The van der Waals surface area contributed by atoms with Gasteiger partial charge in [-0.1, -0.05) is 70.5 Å². The van der Waals surface area contributed by atoms with E-state index in [1.165, 1.54) is 6.92 Å². The number of carbonyl (C=O) groups excluding carboxylic acids is 3. The smallest absolute Gasteiger partial charge is 0.249 e. The van der Waals surface area contributed by atoms with E-state index in [0.29, 0.717) is 19.4 Å². The Kier molecular flexibility index (Phi) is 11.8. The van der Waals surface area contributed by atoms with Crippen LogP contribution in [-0.2, 0) is 24.0 Å². The van der Waals surface area contributed by atoms with E-state index in [1.54, 1.807) is 0 Å². The van der Waals surface area contributed by atoms with Crippen molar-refractivity contribution in [3.63, 3.8) is 0 Å². The number of nitrogens with one attached hydrogen (secondary N) is 2. The molecule has 0 saturated carbocycles. The summed E-state index contributed by atoms with van der Waals surface area (Å²) in [5.74, 6) is 2.91. The minimum Gasteiger partial charge on any atom is -0.350 e. The van der Waals surface area contributed by atoms with E-state index in [0.717, 1.165) is 24.0 Å². The van der Waals surface area contributed by atoms with Crippen LogP contribution in [0.3, 0.4) is 0 Å². The molecule has 4 atom stereocenters. The molecule has 0 aliphatic carbocycles. The minimum absolute atomic E-state index is 0.155. The first-order chi connectivity index (χ1) is 18.3. The van der Waals surface area contributed by atoms with E-state index in [-0.39, 0.29) is 19.3 Å². The van der Waals surface area contributed by atoms with Crippen LogP contribution in [0.1, 0.15) is 92.1 Å². The molecule has 9 heteroatoms. The molecule has 0 bridgehead atoms. The average Bonchev–Trinajstić information content (AvgIpc) is 2.90. The Morgan fingerprint density at radius 2 is 1.82 bits per heavy atom. The molecule has 39 heavy (non-hydrogen) atoms. The third-order valence-corrected chi connectivity index (χ3v) is 7.36. The van der Waals surface area contributed by atoms with Crippen molar-refractivity contribution in [1.29, 1.82) is 0 Å². The van der Waals surface area contributed by atoms with Crippen LogP contribution in [0.15, 0.2) is 36.4 Å². The van der Waals surface area contributed by atoms with E-state index in [1.807, 2.05) is 71.0 Å². The maximum atomic E-state index is 14.4. The summed E-state index contributed by atoms with van der Waals surface area (Å²) in [4.78, 5) is 46.9. The largest absolute Gasteiger partial charge is 0.350 e. The molecule has 6 N–H and O–H groups in total. The lowest BCUT2D eigenvalue weighted by atomic mass is 9.61. The standard InChI is InChI=1S/C30H48N4O5/c1-7-18-30(27(37)33-32,20-28(3,4)5)26(36)29(6,31)23(17-16-21(2)22-13-9-8-10-14-22)25(35)34-39-24-15-11-12-19-38-24/h8-10,13-14,16,23-24H,7,11-12,15,17-20,31-32H2,1-6H3,(H,33,37)(H,34,35)/b21-16+/t23-,24?,29-,30?/m1/s1. The van der Waals surface area contributed by atoms with Crippen molar-refractivity contribution in [1.82, 2.24) is 10.9 Å².